The minimum atomic E-state index is -0.829. The van der Waals surface area contributed by atoms with Gasteiger partial charge >= 0.3 is 0 Å². The van der Waals surface area contributed by atoms with E-state index in [1.54, 1.807) is 6.26 Å². The van der Waals surface area contributed by atoms with Crippen molar-refractivity contribution in [1.82, 2.24) is 5.32 Å². The SMILES string of the molecule is CC(NCC(C)S(C)=O)c1ccc2c(c1)NC(=O)CO2. The van der Waals surface area contributed by atoms with Crippen LogP contribution < -0.4 is 15.4 Å². The van der Waals surface area contributed by atoms with Gasteiger partial charge < -0.3 is 15.4 Å². The molecule has 1 aromatic rings. The van der Waals surface area contributed by atoms with E-state index in [1.165, 1.54) is 0 Å². The number of fused-ring (bicyclic) bond motifs is 1. The highest BCUT2D eigenvalue weighted by Gasteiger charge is 2.17. The minimum absolute atomic E-state index is 0.0694. The first-order chi connectivity index (χ1) is 9.47. The van der Waals surface area contributed by atoms with Crippen LogP contribution in [0.4, 0.5) is 5.69 Å². The number of hydrogen-bond donors (Lipinski definition) is 2. The summed E-state index contributed by atoms with van der Waals surface area (Å²) in [5, 5.41) is 6.26. The second-order valence-electron chi connectivity index (χ2n) is 5.03. The van der Waals surface area contributed by atoms with Gasteiger partial charge in [0.25, 0.3) is 5.91 Å². The van der Waals surface area contributed by atoms with Crippen LogP contribution in [0.5, 0.6) is 5.75 Å². The van der Waals surface area contributed by atoms with E-state index in [9.17, 15) is 9.00 Å². The van der Waals surface area contributed by atoms with E-state index < -0.39 is 10.8 Å². The Morgan fingerprint density at radius 2 is 2.20 bits per heavy atom. The molecule has 1 aliphatic rings. The van der Waals surface area contributed by atoms with Crippen molar-refractivity contribution in [2.24, 2.45) is 0 Å². The monoisotopic (exact) mass is 296 g/mol. The number of carbonyl (C=O) groups excluding carboxylic acids is 1. The molecule has 1 aliphatic heterocycles. The third kappa shape index (κ3) is 3.58. The molecule has 1 aromatic carbocycles. The van der Waals surface area contributed by atoms with Gasteiger partial charge in [0.05, 0.1) is 5.69 Å². The second-order valence-corrected chi connectivity index (χ2v) is 6.83. The number of carbonyl (C=O) groups is 1. The molecule has 0 bridgehead atoms. The van der Waals surface area contributed by atoms with Crippen molar-refractivity contribution in [3.8, 4) is 5.75 Å². The highest BCUT2D eigenvalue weighted by Crippen LogP contribution is 2.30. The van der Waals surface area contributed by atoms with Gasteiger partial charge in [-0.2, -0.15) is 0 Å². The molecule has 1 heterocycles. The molecule has 0 radical (unpaired) electrons. The number of nitrogens with one attached hydrogen (secondary N) is 2. The van der Waals surface area contributed by atoms with Crippen LogP contribution in [-0.2, 0) is 15.6 Å². The van der Waals surface area contributed by atoms with Crippen molar-refractivity contribution in [3.05, 3.63) is 23.8 Å². The molecule has 0 aliphatic carbocycles. The first-order valence-electron chi connectivity index (χ1n) is 6.59. The summed E-state index contributed by atoms with van der Waals surface area (Å²) in [5.74, 6) is 0.564. The summed E-state index contributed by atoms with van der Waals surface area (Å²) in [6, 6.07) is 5.87. The predicted octanol–water partition coefficient (Wildman–Crippen LogP) is 1.44. The maximum absolute atomic E-state index is 11.3. The lowest BCUT2D eigenvalue weighted by molar-refractivity contribution is -0.118. The van der Waals surface area contributed by atoms with Gasteiger partial charge in [0.1, 0.15) is 5.75 Å². The standard InChI is InChI=1S/C14H20N2O3S/c1-9(20(3)18)7-15-10(2)11-4-5-13-12(6-11)16-14(17)8-19-13/h4-6,9-10,15H,7-8H2,1-3H3,(H,16,17). The molecule has 20 heavy (non-hydrogen) atoms. The van der Waals surface area contributed by atoms with Crippen molar-refractivity contribution in [3.63, 3.8) is 0 Å². The van der Waals surface area contributed by atoms with E-state index in [4.69, 9.17) is 4.74 Å². The molecular weight excluding hydrogens is 276 g/mol. The fourth-order valence-corrected chi connectivity index (χ4v) is 2.28. The second kappa shape index (κ2) is 6.37. The average molecular weight is 296 g/mol. The van der Waals surface area contributed by atoms with Crippen LogP contribution in [-0.4, -0.2) is 34.8 Å². The normalized spacial score (nSPS) is 18.4. The summed E-state index contributed by atoms with van der Waals surface area (Å²) in [6.45, 7) is 4.75. The summed E-state index contributed by atoms with van der Waals surface area (Å²) in [4.78, 5) is 11.3. The van der Waals surface area contributed by atoms with Gasteiger partial charge in [-0.15, -0.1) is 0 Å². The Labute approximate surface area is 121 Å². The fourth-order valence-electron chi connectivity index (χ4n) is 1.95. The predicted molar refractivity (Wildman–Crippen MR) is 80.5 cm³/mol. The highest BCUT2D eigenvalue weighted by atomic mass is 32.2. The average Bonchev–Trinajstić information content (AvgIpc) is 2.43. The molecule has 5 nitrogen and oxygen atoms in total. The van der Waals surface area contributed by atoms with E-state index in [2.05, 4.69) is 10.6 Å². The minimum Gasteiger partial charge on any atom is -0.482 e. The number of hydrogen-bond acceptors (Lipinski definition) is 4. The zero-order valence-electron chi connectivity index (χ0n) is 11.9. The van der Waals surface area contributed by atoms with Gasteiger partial charge in [0.2, 0.25) is 0 Å². The van der Waals surface area contributed by atoms with Crippen LogP contribution >= 0.6 is 0 Å². The van der Waals surface area contributed by atoms with Gasteiger partial charge in [-0.1, -0.05) is 6.07 Å². The van der Waals surface area contributed by atoms with Crippen molar-refractivity contribution in [2.45, 2.75) is 25.1 Å². The third-order valence-electron chi connectivity index (χ3n) is 3.41. The maximum atomic E-state index is 11.3. The van der Waals surface area contributed by atoms with Crippen molar-refractivity contribution >= 4 is 22.4 Å². The molecule has 1 amide bonds. The Morgan fingerprint density at radius 1 is 1.45 bits per heavy atom. The van der Waals surface area contributed by atoms with Gasteiger partial charge in [-0.05, 0) is 31.5 Å². The number of anilines is 1. The quantitative estimate of drug-likeness (QED) is 0.862. The number of rotatable bonds is 5. The molecule has 0 fully saturated rings. The largest absolute Gasteiger partial charge is 0.482 e. The molecule has 0 aromatic heterocycles. The number of benzene rings is 1. The molecule has 6 heteroatoms. The zero-order valence-corrected chi connectivity index (χ0v) is 12.8. The lowest BCUT2D eigenvalue weighted by Gasteiger charge is -2.21. The fraction of sp³-hybridized carbons (Fsp3) is 0.500. The molecule has 110 valence electrons. The van der Waals surface area contributed by atoms with Crippen LogP contribution in [0.25, 0.3) is 0 Å². The van der Waals surface area contributed by atoms with Crippen LogP contribution in [0.1, 0.15) is 25.5 Å². The van der Waals surface area contributed by atoms with Gasteiger partial charge in [-0.25, -0.2) is 0 Å². The first-order valence-corrected chi connectivity index (χ1v) is 8.21. The lowest BCUT2D eigenvalue weighted by atomic mass is 10.1. The maximum Gasteiger partial charge on any atom is 0.262 e. The lowest BCUT2D eigenvalue weighted by Crippen LogP contribution is -2.30. The molecule has 2 N–H and O–H groups in total. The summed E-state index contributed by atoms with van der Waals surface area (Å²) < 4.78 is 16.7. The molecule has 3 unspecified atom stereocenters. The Kier molecular flexibility index (Phi) is 4.77. The topological polar surface area (TPSA) is 67.4 Å². The Morgan fingerprint density at radius 3 is 2.90 bits per heavy atom. The molecule has 3 atom stereocenters. The smallest absolute Gasteiger partial charge is 0.262 e. The van der Waals surface area contributed by atoms with Gasteiger partial charge in [0.15, 0.2) is 6.61 Å². The molecular formula is C14H20N2O3S. The van der Waals surface area contributed by atoms with E-state index >= 15 is 0 Å². The molecule has 0 saturated carbocycles. The molecule has 0 saturated heterocycles. The highest BCUT2D eigenvalue weighted by molar-refractivity contribution is 7.84. The van der Waals surface area contributed by atoms with Gasteiger partial charge in [-0.3, -0.25) is 9.00 Å². The van der Waals surface area contributed by atoms with E-state index in [-0.39, 0.29) is 23.8 Å². The van der Waals surface area contributed by atoms with Crippen LogP contribution in [0, 0.1) is 0 Å². The van der Waals surface area contributed by atoms with E-state index in [0.29, 0.717) is 18.0 Å². The van der Waals surface area contributed by atoms with Crippen molar-refractivity contribution in [2.75, 3.05) is 24.7 Å². The third-order valence-corrected chi connectivity index (χ3v) is 4.71. The zero-order chi connectivity index (χ0) is 14.7. The molecule has 2 rings (SSSR count). The van der Waals surface area contributed by atoms with Crippen molar-refractivity contribution < 1.29 is 13.7 Å². The summed E-state index contributed by atoms with van der Waals surface area (Å²) in [6.07, 6.45) is 1.71. The van der Waals surface area contributed by atoms with Crippen molar-refractivity contribution in [1.29, 1.82) is 0 Å². The van der Waals surface area contributed by atoms with Crippen LogP contribution in [0.2, 0.25) is 0 Å². The summed E-state index contributed by atoms with van der Waals surface area (Å²) >= 11 is 0. The van der Waals surface area contributed by atoms with E-state index in [0.717, 1.165) is 5.56 Å². The number of ether oxygens (including phenoxy) is 1. The van der Waals surface area contributed by atoms with Gasteiger partial charge in [0, 0.05) is 34.9 Å². The Balaban J connectivity index is 2.03. The molecule has 0 spiro atoms. The summed E-state index contributed by atoms with van der Waals surface area (Å²) in [5.41, 5.74) is 1.77. The Bertz CT molecular complexity index is 533. The Hall–Kier alpha value is -1.40. The summed E-state index contributed by atoms with van der Waals surface area (Å²) in [7, 11) is -0.829. The van der Waals surface area contributed by atoms with Crippen LogP contribution in [0.3, 0.4) is 0 Å². The van der Waals surface area contributed by atoms with E-state index in [1.807, 2.05) is 32.0 Å². The number of amides is 1. The van der Waals surface area contributed by atoms with Crippen LogP contribution in [0.15, 0.2) is 18.2 Å². The first kappa shape index (κ1) is 15.0.